The second kappa shape index (κ2) is 4.45. The van der Waals surface area contributed by atoms with Gasteiger partial charge in [0.25, 0.3) is 5.89 Å². The van der Waals surface area contributed by atoms with E-state index >= 15 is 0 Å². The standard InChI is InChI=1S/C12H8FN5O/c13-8-5-7(1-2-9(8)14)12-17-11(18-19-12)10-6-15-3-4-16-10/h1-6H,14H2. The van der Waals surface area contributed by atoms with Crippen LogP contribution < -0.4 is 5.73 Å². The van der Waals surface area contributed by atoms with Crippen LogP contribution in [0.25, 0.3) is 23.0 Å². The lowest BCUT2D eigenvalue weighted by molar-refractivity contribution is 0.432. The van der Waals surface area contributed by atoms with Crippen molar-refractivity contribution < 1.29 is 8.91 Å². The lowest BCUT2D eigenvalue weighted by atomic mass is 10.2. The summed E-state index contributed by atoms with van der Waals surface area (Å²) in [7, 11) is 0. The first-order valence-electron chi connectivity index (χ1n) is 5.39. The second-order valence-corrected chi connectivity index (χ2v) is 3.75. The van der Waals surface area contributed by atoms with E-state index < -0.39 is 5.82 Å². The molecule has 3 rings (SSSR count). The molecule has 19 heavy (non-hydrogen) atoms. The Balaban J connectivity index is 1.99. The quantitative estimate of drug-likeness (QED) is 0.705. The molecular weight excluding hydrogens is 249 g/mol. The zero-order valence-electron chi connectivity index (χ0n) is 9.62. The summed E-state index contributed by atoms with van der Waals surface area (Å²) in [5.74, 6) is -0.0448. The lowest BCUT2D eigenvalue weighted by Gasteiger charge is -1.97. The van der Waals surface area contributed by atoms with Crippen molar-refractivity contribution in [2.45, 2.75) is 0 Å². The average Bonchev–Trinajstić information content (AvgIpc) is 2.93. The summed E-state index contributed by atoms with van der Waals surface area (Å²) in [6.07, 6.45) is 4.58. The summed E-state index contributed by atoms with van der Waals surface area (Å²) in [6, 6.07) is 4.28. The van der Waals surface area contributed by atoms with Crippen LogP contribution in [0.1, 0.15) is 0 Å². The van der Waals surface area contributed by atoms with E-state index in [9.17, 15) is 4.39 Å². The second-order valence-electron chi connectivity index (χ2n) is 3.75. The molecule has 0 bridgehead atoms. The first-order valence-corrected chi connectivity index (χ1v) is 5.39. The molecule has 0 amide bonds. The molecule has 2 aromatic heterocycles. The van der Waals surface area contributed by atoms with Crippen molar-refractivity contribution in [3.8, 4) is 23.0 Å². The van der Waals surface area contributed by atoms with E-state index in [0.29, 0.717) is 17.1 Å². The van der Waals surface area contributed by atoms with Crippen LogP contribution >= 0.6 is 0 Å². The van der Waals surface area contributed by atoms with Crippen LogP contribution in [0.4, 0.5) is 10.1 Å². The van der Waals surface area contributed by atoms with Gasteiger partial charge in [-0.2, -0.15) is 4.98 Å². The van der Waals surface area contributed by atoms with Gasteiger partial charge in [0.05, 0.1) is 11.9 Å². The van der Waals surface area contributed by atoms with E-state index in [4.69, 9.17) is 10.3 Å². The molecule has 0 fully saturated rings. The number of rotatable bonds is 2. The molecular formula is C12H8FN5O. The Morgan fingerprint density at radius 1 is 1.21 bits per heavy atom. The minimum atomic E-state index is -0.531. The van der Waals surface area contributed by atoms with E-state index in [-0.39, 0.29) is 11.6 Å². The molecule has 0 aliphatic heterocycles. The van der Waals surface area contributed by atoms with E-state index in [1.807, 2.05) is 0 Å². The first kappa shape index (κ1) is 11.3. The molecule has 94 valence electrons. The van der Waals surface area contributed by atoms with Gasteiger partial charge in [-0.05, 0) is 18.2 Å². The predicted octanol–water partition coefficient (Wildman–Crippen LogP) is 1.91. The minimum absolute atomic E-state index is 0.0671. The molecule has 2 N–H and O–H groups in total. The zero-order valence-corrected chi connectivity index (χ0v) is 9.62. The van der Waals surface area contributed by atoms with Gasteiger partial charge >= 0.3 is 0 Å². The van der Waals surface area contributed by atoms with Gasteiger partial charge in [-0.1, -0.05) is 5.16 Å². The lowest BCUT2D eigenvalue weighted by Crippen LogP contribution is -1.90. The summed E-state index contributed by atoms with van der Waals surface area (Å²) in [5.41, 5.74) is 6.40. The number of anilines is 1. The number of benzene rings is 1. The Labute approximate surface area is 107 Å². The van der Waals surface area contributed by atoms with Crippen LogP contribution in [0.5, 0.6) is 0 Å². The van der Waals surface area contributed by atoms with Crippen molar-refractivity contribution in [3.63, 3.8) is 0 Å². The number of nitrogens with two attached hydrogens (primary N) is 1. The van der Waals surface area contributed by atoms with Gasteiger partial charge < -0.3 is 10.3 Å². The summed E-state index contributed by atoms with van der Waals surface area (Å²) in [5, 5.41) is 3.77. The summed E-state index contributed by atoms with van der Waals surface area (Å²) >= 11 is 0. The average molecular weight is 257 g/mol. The Kier molecular flexibility index (Phi) is 2.64. The van der Waals surface area contributed by atoms with Crippen molar-refractivity contribution in [1.29, 1.82) is 0 Å². The fourth-order valence-corrected chi connectivity index (χ4v) is 1.52. The predicted molar refractivity (Wildman–Crippen MR) is 65.1 cm³/mol. The molecule has 0 aliphatic rings. The maximum atomic E-state index is 13.4. The van der Waals surface area contributed by atoms with E-state index in [1.54, 1.807) is 12.3 Å². The maximum Gasteiger partial charge on any atom is 0.258 e. The summed E-state index contributed by atoms with van der Waals surface area (Å²) in [6.45, 7) is 0. The van der Waals surface area contributed by atoms with Gasteiger partial charge in [0.1, 0.15) is 11.5 Å². The van der Waals surface area contributed by atoms with E-state index in [0.717, 1.165) is 0 Å². The molecule has 0 aliphatic carbocycles. The highest BCUT2D eigenvalue weighted by atomic mass is 19.1. The number of aromatic nitrogens is 4. The van der Waals surface area contributed by atoms with Gasteiger partial charge in [0, 0.05) is 18.0 Å². The Morgan fingerprint density at radius 2 is 2.11 bits per heavy atom. The number of hydrogen-bond acceptors (Lipinski definition) is 6. The van der Waals surface area contributed by atoms with Crippen molar-refractivity contribution in [2.75, 3.05) is 5.73 Å². The Morgan fingerprint density at radius 3 is 2.84 bits per heavy atom. The molecule has 0 unspecified atom stereocenters. The molecule has 0 saturated heterocycles. The van der Waals surface area contributed by atoms with Crippen LogP contribution in [0, 0.1) is 5.82 Å². The monoisotopic (exact) mass is 257 g/mol. The molecule has 0 radical (unpaired) electrons. The minimum Gasteiger partial charge on any atom is -0.396 e. The number of halogens is 1. The smallest absolute Gasteiger partial charge is 0.258 e. The van der Waals surface area contributed by atoms with Crippen LogP contribution in [0.2, 0.25) is 0 Å². The highest BCUT2D eigenvalue weighted by Gasteiger charge is 2.12. The molecule has 7 heteroatoms. The molecule has 1 aromatic carbocycles. The van der Waals surface area contributed by atoms with Crippen molar-refractivity contribution in [1.82, 2.24) is 20.1 Å². The van der Waals surface area contributed by atoms with Gasteiger partial charge in [0.2, 0.25) is 5.82 Å². The number of nitrogen functional groups attached to an aromatic ring is 1. The third-order valence-corrected chi connectivity index (χ3v) is 2.47. The van der Waals surface area contributed by atoms with Crippen LogP contribution in [-0.2, 0) is 0 Å². The molecule has 6 nitrogen and oxygen atoms in total. The highest BCUT2D eigenvalue weighted by molar-refractivity contribution is 5.60. The number of hydrogen-bond donors (Lipinski definition) is 1. The number of nitrogens with zero attached hydrogens (tertiary/aromatic N) is 4. The van der Waals surface area contributed by atoms with Crippen molar-refractivity contribution >= 4 is 5.69 Å². The van der Waals surface area contributed by atoms with E-state index in [2.05, 4.69) is 20.1 Å². The van der Waals surface area contributed by atoms with Crippen LogP contribution in [0.3, 0.4) is 0 Å². The SMILES string of the molecule is Nc1ccc(-c2nc(-c3cnccn3)no2)cc1F. The molecule has 3 aromatic rings. The van der Waals surface area contributed by atoms with Gasteiger partial charge in [0.15, 0.2) is 0 Å². The van der Waals surface area contributed by atoms with Crippen LogP contribution in [-0.4, -0.2) is 20.1 Å². The normalized spacial score (nSPS) is 10.6. The topological polar surface area (TPSA) is 90.7 Å². The molecule has 0 spiro atoms. The fraction of sp³-hybridized carbons (Fsp3) is 0. The first-order chi connectivity index (χ1) is 9.24. The summed E-state index contributed by atoms with van der Waals surface area (Å²) in [4.78, 5) is 12.1. The summed E-state index contributed by atoms with van der Waals surface area (Å²) < 4.78 is 18.4. The van der Waals surface area contributed by atoms with Gasteiger partial charge in [-0.25, -0.2) is 9.37 Å². The third kappa shape index (κ3) is 2.13. The Bertz CT molecular complexity index is 713. The maximum absolute atomic E-state index is 13.4. The fourth-order valence-electron chi connectivity index (χ4n) is 1.52. The van der Waals surface area contributed by atoms with Crippen molar-refractivity contribution in [3.05, 3.63) is 42.6 Å². The van der Waals surface area contributed by atoms with Gasteiger partial charge in [-0.15, -0.1) is 0 Å². The highest BCUT2D eigenvalue weighted by Crippen LogP contribution is 2.23. The molecule has 0 atom stereocenters. The van der Waals surface area contributed by atoms with Gasteiger partial charge in [-0.3, -0.25) is 4.98 Å². The van der Waals surface area contributed by atoms with E-state index in [1.165, 1.54) is 24.5 Å². The third-order valence-electron chi connectivity index (χ3n) is 2.47. The van der Waals surface area contributed by atoms with Crippen molar-refractivity contribution in [2.24, 2.45) is 0 Å². The largest absolute Gasteiger partial charge is 0.396 e. The Hall–Kier alpha value is -2.83. The molecule has 2 heterocycles. The van der Waals surface area contributed by atoms with Crippen LogP contribution in [0.15, 0.2) is 41.3 Å². The molecule has 0 saturated carbocycles. The zero-order chi connectivity index (χ0) is 13.2.